The van der Waals surface area contributed by atoms with Gasteiger partial charge < -0.3 is 14.6 Å². The van der Waals surface area contributed by atoms with Gasteiger partial charge in [-0.1, -0.05) is 23.7 Å². The number of barbiturate groups is 1. The molecule has 1 saturated heterocycles. The molecule has 4 amide bonds. The van der Waals surface area contributed by atoms with Crippen molar-refractivity contribution in [2.24, 2.45) is 0 Å². The smallest absolute Gasteiger partial charge is 0.335 e. The van der Waals surface area contributed by atoms with Crippen molar-refractivity contribution in [3.63, 3.8) is 0 Å². The molecule has 36 heavy (non-hydrogen) atoms. The van der Waals surface area contributed by atoms with E-state index in [2.05, 4.69) is 5.32 Å². The van der Waals surface area contributed by atoms with Gasteiger partial charge in [0.2, 0.25) is 0 Å². The highest BCUT2D eigenvalue weighted by Crippen LogP contribution is 2.29. The first-order valence-corrected chi connectivity index (χ1v) is 10.9. The maximum Gasteiger partial charge on any atom is 0.335 e. The van der Waals surface area contributed by atoms with Crippen LogP contribution >= 0.6 is 11.6 Å². The molecule has 0 radical (unpaired) electrons. The van der Waals surface area contributed by atoms with Gasteiger partial charge in [0.1, 0.15) is 23.7 Å². The highest BCUT2D eigenvalue weighted by molar-refractivity contribution is 6.39. The minimum Gasteiger partial charge on any atom is -0.497 e. The average Bonchev–Trinajstić information content (AvgIpc) is 2.86. The number of anilines is 1. The second kappa shape index (κ2) is 10.3. The van der Waals surface area contributed by atoms with Crippen LogP contribution in [-0.4, -0.2) is 36.0 Å². The van der Waals surface area contributed by atoms with E-state index in [1.54, 1.807) is 36.4 Å². The Kier molecular flexibility index (Phi) is 7.03. The number of imide groups is 2. The van der Waals surface area contributed by atoms with Crippen molar-refractivity contribution in [3.8, 4) is 11.5 Å². The number of nitrogens with zero attached hydrogens (tertiary/aromatic N) is 1. The normalized spacial score (nSPS) is 14.6. The van der Waals surface area contributed by atoms with Crippen molar-refractivity contribution in [3.05, 3.63) is 94.0 Å². The lowest BCUT2D eigenvalue weighted by Crippen LogP contribution is -2.54. The number of carbonyl (C=O) groups excluding carboxylic acids is 3. The van der Waals surface area contributed by atoms with Crippen molar-refractivity contribution >= 4 is 47.2 Å². The number of aromatic carboxylic acids is 1. The van der Waals surface area contributed by atoms with Gasteiger partial charge in [-0.3, -0.25) is 14.9 Å². The molecular formula is C26H19ClN2O7. The Bertz CT molecular complexity index is 1380. The van der Waals surface area contributed by atoms with E-state index in [4.69, 9.17) is 26.2 Å². The summed E-state index contributed by atoms with van der Waals surface area (Å²) >= 11 is 6.15. The number of methoxy groups -OCH3 is 1. The summed E-state index contributed by atoms with van der Waals surface area (Å²) in [7, 11) is 1.49. The van der Waals surface area contributed by atoms with Gasteiger partial charge in [-0.15, -0.1) is 0 Å². The Morgan fingerprint density at radius 1 is 1.03 bits per heavy atom. The van der Waals surface area contributed by atoms with Crippen LogP contribution in [0.2, 0.25) is 5.02 Å². The largest absolute Gasteiger partial charge is 0.497 e. The molecule has 9 nitrogen and oxygen atoms in total. The SMILES string of the molecule is COc1ccc(N2C(=O)NC(=O)/C(=C\c3cc(Cl)ccc3OCc3ccc(C(=O)O)cc3)C2=O)cc1. The Morgan fingerprint density at radius 2 is 1.72 bits per heavy atom. The zero-order valence-corrected chi connectivity index (χ0v) is 19.6. The summed E-state index contributed by atoms with van der Waals surface area (Å²) in [5, 5.41) is 11.5. The number of benzene rings is 3. The van der Waals surface area contributed by atoms with Crippen LogP contribution in [0.25, 0.3) is 6.08 Å². The lowest BCUT2D eigenvalue weighted by Gasteiger charge is -2.26. The van der Waals surface area contributed by atoms with Gasteiger partial charge in [0.05, 0.1) is 18.4 Å². The van der Waals surface area contributed by atoms with Crippen LogP contribution in [0.3, 0.4) is 0 Å². The van der Waals surface area contributed by atoms with E-state index in [-0.39, 0.29) is 23.4 Å². The average molecular weight is 507 g/mol. The van der Waals surface area contributed by atoms with E-state index in [1.165, 1.54) is 43.5 Å². The summed E-state index contributed by atoms with van der Waals surface area (Å²) in [6, 6.07) is 16.2. The quantitative estimate of drug-likeness (QED) is 0.362. The van der Waals surface area contributed by atoms with Crippen molar-refractivity contribution in [2.45, 2.75) is 6.61 Å². The second-order valence-corrected chi connectivity index (χ2v) is 8.07. The van der Waals surface area contributed by atoms with Gasteiger partial charge >= 0.3 is 12.0 Å². The summed E-state index contributed by atoms with van der Waals surface area (Å²) in [6.45, 7) is 0.0916. The number of urea groups is 1. The van der Waals surface area contributed by atoms with Gasteiger partial charge in [-0.25, -0.2) is 14.5 Å². The zero-order valence-electron chi connectivity index (χ0n) is 18.9. The number of rotatable bonds is 7. The standard InChI is InChI=1S/C26H19ClN2O7/c1-35-20-9-7-19(8-10-20)29-24(31)21(23(30)28-26(29)34)13-17-12-18(27)6-11-22(17)36-14-15-2-4-16(5-3-15)25(32)33/h2-13H,14H2,1H3,(H,32,33)(H,28,30,34)/b21-13+. The fourth-order valence-electron chi connectivity index (χ4n) is 3.45. The van der Waals surface area contributed by atoms with Crippen LogP contribution in [0.1, 0.15) is 21.5 Å². The van der Waals surface area contributed by atoms with Crippen LogP contribution in [0.5, 0.6) is 11.5 Å². The molecule has 1 fully saturated rings. The van der Waals surface area contributed by atoms with Crippen LogP contribution in [0, 0.1) is 0 Å². The molecule has 0 bridgehead atoms. The Hall–Kier alpha value is -4.63. The summed E-state index contributed by atoms with van der Waals surface area (Å²) in [4.78, 5) is 50.1. The van der Waals surface area contributed by atoms with Crippen LogP contribution in [-0.2, 0) is 16.2 Å². The number of carboxylic acid groups (broad SMARTS) is 1. The number of amides is 4. The third-order valence-electron chi connectivity index (χ3n) is 5.30. The third-order valence-corrected chi connectivity index (χ3v) is 5.53. The number of ether oxygens (including phenoxy) is 2. The number of hydrogen-bond donors (Lipinski definition) is 2. The molecule has 2 N–H and O–H groups in total. The molecule has 1 aliphatic rings. The van der Waals surface area contributed by atoms with Crippen molar-refractivity contribution in [1.82, 2.24) is 5.32 Å². The Labute approximate surface area is 210 Å². The van der Waals surface area contributed by atoms with Crippen LogP contribution < -0.4 is 19.7 Å². The molecule has 10 heteroatoms. The number of nitrogens with one attached hydrogen (secondary N) is 1. The number of carbonyl (C=O) groups is 4. The fourth-order valence-corrected chi connectivity index (χ4v) is 3.63. The molecule has 4 rings (SSSR count). The van der Waals surface area contributed by atoms with Gasteiger partial charge in [0.25, 0.3) is 11.8 Å². The number of hydrogen-bond acceptors (Lipinski definition) is 6. The molecule has 3 aromatic rings. The van der Waals surface area contributed by atoms with Gasteiger partial charge in [0, 0.05) is 10.6 Å². The lowest BCUT2D eigenvalue weighted by molar-refractivity contribution is -0.122. The summed E-state index contributed by atoms with van der Waals surface area (Å²) < 4.78 is 11.0. The first-order chi connectivity index (χ1) is 17.3. The molecule has 1 aliphatic heterocycles. The minimum atomic E-state index is -1.04. The molecule has 0 aliphatic carbocycles. The van der Waals surface area contributed by atoms with Crippen LogP contribution in [0.15, 0.2) is 72.3 Å². The first kappa shape index (κ1) is 24.5. The number of halogens is 1. The van der Waals surface area contributed by atoms with Gasteiger partial charge in [-0.05, 0) is 66.2 Å². The van der Waals surface area contributed by atoms with Gasteiger partial charge in [0.15, 0.2) is 0 Å². The monoisotopic (exact) mass is 506 g/mol. The number of carboxylic acids is 1. The molecule has 182 valence electrons. The maximum absolute atomic E-state index is 13.2. The van der Waals surface area contributed by atoms with Crippen molar-refractivity contribution in [2.75, 3.05) is 12.0 Å². The molecule has 0 aromatic heterocycles. The van der Waals surface area contributed by atoms with Gasteiger partial charge in [-0.2, -0.15) is 0 Å². The topological polar surface area (TPSA) is 122 Å². The minimum absolute atomic E-state index is 0.0916. The van der Waals surface area contributed by atoms with E-state index in [9.17, 15) is 19.2 Å². The molecular weight excluding hydrogens is 488 g/mol. The van der Waals surface area contributed by atoms with E-state index in [0.717, 1.165) is 4.90 Å². The Morgan fingerprint density at radius 3 is 2.36 bits per heavy atom. The van der Waals surface area contributed by atoms with E-state index in [1.807, 2.05) is 0 Å². The van der Waals surface area contributed by atoms with E-state index < -0.39 is 23.8 Å². The molecule has 1 heterocycles. The lowest BCUT2D eigenvalue weighted by atomic mass is 10.1. The molecule has 3 aromatic carbocycles. The summed E-state index contributed by atoms with van der Waals surface area (Å²) in [6.07, 6.45) is 1.30. The predicted molar refractivity (Wildman–Crippen MR) is 131 cm³/mol. The summed E-state index contributed by atoms with van der Waals surface area (Å²) in [5.41, 5.74) is 1.16. The molecule has 0 atom stereocenters. The first-order valence-electron chi connectivity index (χ1n) is 10.6. The highest BCUT2D eigenvalue weighted by Gasteiger charge is 2.37. The maximum atomic E-state index is 13.2. The van der Waals surface area contributed by atoms with Crippen molar-refractivity contribution < 1.29 is 33.8 Å². The second-order valence-electron chi connectivity index (χ2n) is 7.63. The Balaban J connectivity index is 1.62. The highest BCUT2D eigenvalue weighted by atomic mass is 35.5. The van der Waals surface area contributed by atoms with Crippen molar-refractivity contribution in [1.29, 1.82) is 0 Å². The third kappa shape index (κ3) is 5.21. The van der Waals surface area contributed by atoms with Crippen LogP contribution in [0.4, 0.5) is 10.5 Å². The van der Waals surface area contributed by atoms with E-state index in [0.29, 0.717) is 27.6 Å². The molecule has 0 unspecified atom stereocenters. The summed E-state index contributed by atoms with van der Waals surface area (Å²) in [5.74, 6) is -1.85. The fraction of sp³-hybridized carbons (Fsp3) is 0.0769. The van der Waals surface area contributed by atoms with E-state index >= 15 is 0 Å². The molecule has 0 saturated carbocycles. The predicted octanol–water partition coefficient (Wildman–Crippen LogP) is 4.29. The zero-order chi connectivity index (χ0) is 25.8. The molecule has 0 spiro atoms.